The van der Waals surface area contributed by atoms with Gasteiger partial charge in [-0.25, -0.2) is 4.79 Å². The van der Waals surface area contributed by atoms with Crippen molar-refractivity contribution in [2.24, 2.45) is 0 Å². The molecule has 1 atom stereocenters. The number of benzene rings is 2. The summed E-state index contributed by atoms with van der Waals surface area (Å²) in [7, 11) is 0. The second-order valence-corrected chi connectivity index (χ2v) is 7.09. The van der Waals surface area contributed by atoms with E-state index < -0.39 is 6.09 Å². The number of amides is 2. The number of halogens is 1. The molecule has 0 heterocycles. The van der Waals surface area contributed by atoms with E-state index in [4.69, 9.17) is 4.74 Å². The predicted octanol–water partition coefficient (Wildman–Crippen LogP) is 4.72. The number of ether oxygens (including phenoxy) is 1. The molecule has 144 valence electrons. The van der Waals surface area contributed by atoms with Crippen molar-refractivity contribution < 1.29 is 14.3 Å². The zero-order valence-electron chi connectivity index (χ0n) is 15.4. The Hall–Kier alpha value is -2.34. The molecule has 2 N–H and O–H groups in total. The molecule has 2 rings (SSSR count). The Labute approximate surface area is 168 Å². The van der Waals surface area contributed by atoms with Crippen molar-refractivity contribution >= 4 is 27.9 Å². The molecule has 0 aliphatic rings. The molecule has 2 aromatic carbocycles. The summed E-state index contributed by atoms with van der Waals surface area (Å²) in [4.78, 5) is 23.8. The molecule has 1 unspecified atom stereocenters. The number of carbonyl (C=O) groups is 2. The highest BCUT2D eigenvalue weighted by molar-refractivity contribution is 9.10. The van der Waals surface area contributed by atoms with E-state index in [-0.39, 0.29) is 18.6 Å². The van der Waals surface area contributed by atoms with E-state index in [1.54, 1.807) is 0 Å². The second kappa shape index (κ2) is 11.4. The van der Waals surface area contributed by atoms with Gasteiger partial charge < -0.3 is 15.4 Å². The fourth-order valence-corrected chi connectivity index (χ4v) is 2.86. The Morgan fingerprint density at radius 2 is 1.78 bits per heavy atom. The highest BCUT2D eigenvalue weighted by Crippen LogP contribution is 2.19. The third-order valence-electron chi connectivity index (χ3n) is 4.08. The zero-order chi connectivity index (χ0) is 19.5. The minimum absolute atomic E-state index is 0.00519. The monoisotopic (exact) mass is 432 g/mol. The summed E-state index contributed by atoms with van der Waals surface area (Å²) < 4.78 is 6.14. The minimum Gasteiger partial charge on any atom is -0.445 e. The van der Waals surface area contributed by atoms with Crippen molar-refractivity contribution in [2.75, 3.05) is 6.54 Å². The van der Waals surface area contributed by atoms with Gasteiger partial charge in [-0.1, -0.05) is 65.3 Å². The molecule has 2 aromatic rings. The first-order valence-corrected chi connectivity index (χ1v) is 9.87. The third kappa shape index (κ3) is 7.83. The molecule has 0 fully saturated rings. The van der Waals surface area contributed by atoms with Gasteiger partial charge in [-0.05, 0) is 36.1 Å². The van der Waals surface area contributed by atoms with Crippen LogP contribution in [0.1, 0.15) is 43.4 Å². The third-order valence-corrected chi connectivity index (χ3v) is 4.61. The van der Waals surface area contributed by atoms with Crippen LogP contribution in [0.3, 0.4) is 0 Å². The Kier molecular flexibility index (Phi) is 8.84. The highest BCUT2D eigenvalue weighted by atomic mass is 79.9. The number of nitrogens with one attached hydrogen (secondary N) is 2. The van der Waals surface area contributed by atoms with Crippen LogP contribution in [-0.2, 0) is 16.1 Å². The van der Waals surface area contributed by atoms with Gasteiger partial charge in [0.2, 0.25) is 5.91 Å². The van der Waals surface area contributed by atoms with Gasteiger partial charge in [0.15, 0.2) is 0 Å². The summed E-state index contributed by atoms with van der Waals surface area (Å²) in [6.07, 6.45) is 1.26. The molecule has 0 saturated heterocycles. The zero-order valence-corrected chi connectivity index (χ0v) is 17.0. The predicted molar refractivity (Wildman–Crippen MR) is 109 cm³/mol. The lowest BCUT2D eigenvalue weighted by molar-refractivity contribution is -0.122. The van der Waals surface area contributed by atoms with E-state index in [1.807, 2.05) is 61.5 Å². The minimum atomic E-state index is -0.472. The van der Waals surface area contributed by atoms with Crippen LogP contribution in [0.15, 0.2) is 59.1 Å². The average molecular weight is 433 g/mol. The van der Waals surface area contributed by atoms with Gasteiger partial charge in [-0.3, -0.25) is 4.79 Å². The number of carbonyl (C=O) groups excluding carboxylic acids is 2. The maximum Gasteiger partial charge on any atom is 0.407 e. The van der Waals surface area contributed by atoms with Gasteiger partial charge in [0, 0.05) is 17.4 Å². The van der Waals surface area contributed by atoms with Crippen LogP contribution < -0.4 is 10.6 Å². The molecular formula is C21H25BrN2O3. The smallest absolute Gasteiger partial charge is 0.407 e. The summed E-state index contributed by atoms with van der Waals surface area (Å²) in [5.41, 5.74) is 2.02. The molecule has 0 aliphatic carbocycles. The van der Waals surface area contributed by atoms with Crippen LogP contribution in [0.5, 0.6) is 0 Å². The molecule has 0 bridgehead atoms. The van der Waals surface area contributed by atoms with E-state index in [0.717, 1.165) is 22.0 Å². The van der Waals surface area contributed by atoms with Gasteiger partial charge in [0.25, 0.3) is 0 Å². The first kappa shape index (κ1) is 21.0. The van der Waals surface area contributed by atoms with Gasteiger partial charge in [-0.2, -0.15) is 0 Å². The van der Waals surface area contributed by atoms with E-state index in [2.05, 4.69) is 26.6 Å². The Morgan fingerprint density at radius 3 is 2.44 bits per heavy atom. The maximum atomic E-state index is 12.1. The number of hydrogen-bond acceptors (Lipinski definition) is 3. The highest BCUT2D eigenvalue weighted by Gasteiger charge is 2.12. The molecule has 0 spiro atoms. The fourth-order valence-electron chi connectivity index (χ4n) is 2.60. The van der Waals surface area contributed by atoms with Crippen molar-refractivity contribution in [3.05, 3.63) is 70.2 Å². The van der Waals surface area contributed by atoms with Crippen LogP contribution in [0.25, 0.3) is 0 Å². The fraction of sp³-hybridized carbons (Fsp3) is 0.333. The Bertz CT molecular complexity index is 720. The first-order valence-electron chi connectivity index (χ1n) is 9.08. The average Bonchev–Trinajstić information content (AvgIpc) is 2.69. The summed E-state index contributed by atoms with van der Waals surface area (Å²) in [5, 5.41) is 5.71. The van der Waals surface area contributed by atoms with Crippen LogP contribution in [0.4, 0.5) is 4.79 Å². The van der Waals surface area contributed by atoms with Gasteiger partial charge in [0.05, 0.1) is 6.04 Å². The normalized spacial score (nSPS) is 11.5. The van der Waals surface area contributed by atoms with Gasteiger partial charge in [-0.15, -0.1) is 0 Å². The van der Waals surface area contributed by atoms with Crippen LogP contribution >= 0.6 is 15.9 Å². The standard InChI is InChI=1S/C21H25BrN2O3/c1-2-19(17-10-12-18(22)13-11-17)24-20(25)9-6-14-23-21(26)27-15-16-7-4-3-5-8-16/h3-5,7-8,10-13,19H,2,6,9,14-15H2,1H3,(H,23,26)(H,24,25). The lowest BCUT2D eigenvalue weighted by Crippen LogP contribution is -2.30. The summed E-state index contributed by atoms with van der Waals surface area (Å²) in [5.74, 6) is -0.0239. The Morgan fingerprint density at radius 1 is 1.07 bits per heavy atom. The summed E-state index contributed by atoms with van der Waals surface area (Å²) >= 11 is 3.41. The van der Waals surface area contributed by atoms with Crippen LogP contribution in [-0.4, -0.2) is 18.5 Å². The Balaban J connectivity index is 1.63. The lowest BCUT2D eigenvalue weighted by Gasteiger charge is -2.17. The molecule has 5 nitrogen and oxygen atoms in total. The molecule has 0 aliphatic heterocycles. The number of hydrogen-bond donors (Lipinski definition) is 2. The maximum absolute atomic E-state index is 12.1. The van der Waals surface area contributed by atoms with E-state index in [1.165, 1.54) is 0 Å². The molecular weight excluding hydrogens is 408 g/mol. The van der Waals surface area contributed by atoms with E-state index in [9.17, 15) is 9.59 Å². The van der Waals surface area contributed by atoms with Crippen LogP contribution in [0.2, 0.25) is 0 Å². The number of alkyl carbamates (subject to hydrolysis) is 1. The summed E-state index contributed by atoms with van der Waals surface area (Å²) in [6, 6.07) is 17.4. The molecule has 0 saturated carbocycles. The van der Waals surface area contributed by atoms with Crippen molar-refractivity contribution in [1.82, 2.24) is 10.6 Å². The second-order valence-electron chi connectivity index (χ2n) is 6.17. The largest absolute Gasteiger partial charge is 0.445 e. The van der Waals surface area contributed by atoms with Gasteiger partial charge >= 0.3 is 6.09 Å². The molecule has 6 heteroatoms. The quantitative estimate of drug-likeness (QED) is 0.563. The molecule has 27 heavy (non-hydrogen) atoms. The van der Waals surface area contributed by atoms with Crippen molar-refractivity contribution in [1.29, 1.82) is 0 Å². The molecule has 0 aromatic heterocycles. The van der Waals surface area contributed by atoms with Crippen molar-refractivity contribution in [3.63, 3.8) is 0 Å². The van der Waals surface area contributed by atoms with Crippen LogP contribution in [0, 0.1) is 0 Å². The lowest BCUT2D eigenvalue weighted by atomic mass is 10.0. The summed E-state index contributed by atoms with van der Waals surface area (Å²) in [6.45, 7) is 2.67. The first-order chi connectivity index (χ1) is 13.1. The van der Waals surface area contributed by atoms with Crippen molar-refractivity contribution in [3.8, 4) is 0 Å². The van der Waals surface area contributed by atoms with E-state index >= 15 is 0 Å². The SMILES string of the molecule is CCC(NC(=O)CCCNC(=O)OCc1ccccc1)c1ccc(Br)cc1. The topological polar surface area (TPSA) is 67.4 Å². The van der Waals surface area contributed by atoms with Gasteiger partial charge in [0.1, 0.15) is 6.61 Å². The van der Waals surface area contributed by atoms with E-state index in [0.29, 0.717) is 19.4 Å². The number of rotatable bonds is 9. The molecule has 0 radical (unpaired) electrons. The van der Waals surface area contributed by atoms with Crippen molar-refractivity contribution in [2.45, 2.75) is 38.8 Å². The molecule has 2 amide bonds.